The number of amides is 1. The fourth-order valence-corrected chi connectivity index (χ4v) is 3.01. The topological polar surface area (TPSA) is 54.3 Å². The molecule has 0 spiro atoms. The Morgan fingerprint density at radius 1 is 1.50 bits per heavy atom. The Morgan fingerprint density at radius 2 is 2.25 bits per heavy atom. The fraction of sp³-hybridized carbons (Fsp3) is 0.688. The largest absolute Gasteiger partial charge is 0.466 e. The Labute approximate surface area is 121 Å². The molecular formula is C16H26N2O2. The van der Waals surface area contributed by atoms with Gasteiger partial charge in [0.15, 0.2) is 0 Å². The number of rotatable bonds is 5. The van der Waals surface area contributed by atoms with E-state index in [-0.39, 0.29) is 17.4 Å². The van der Waals surface area contributed by atoms with Crippen LogP contribution >= 0.6 is 0 Å². The maximum Gasteiger partial charge on any atom is 0.220 e. The van der Waals surface area contributed by atoms with E-state index in [0.29, 0.717) is 6.42 Å². The average Bonchev–Trinajstić information content (AvgIpc) is 2.68. The minimum absolute atomic E-state index is 0.0910. The summed E-state index contributed by atoms with van der Waals surface area (Å²) >= 11 is 0. The van der Waals surface area contributed by atoms with Gasteiger partial charge in [-0.25, -0.2) is 0 Å². The highest BCUT2D eigenvalue weighted by Gasteiger charge is 2.35. The zero-order chi connectivity index (χ0) is 14.8. The molecule has 1 amide bonds. The van der Waals surface area contributed by atoms with Crippen LogP contribution in [0.25, 0.3) is 0 Å². The molecule has 1 aromatic heterocycles. The van der Waals surface area contributed by atoms with E-state index < -0.39 is 0 Å². The van der Waals surface area contributed by atoms with E-state index in [1.807, 2.05) is 14.0 Å². The monoisotopic (exact) mass is 278 g/mol. The number of carbonyl (C=O) groups is 1. The van der Waals surface area contributed by atoms with Crippen molar-refractivity contribution in [3.63, 3.8) is 0 Å². The molecule has 4 heteroatoms. The Bertz CT molecular complexity index is 477. The second-order valence-corrected chi connectivity index (χ2v) is 6.61. The van der Waals surface area contributed by atoms with Gasteiger partial charge < -0.3 is 15.1 Å². The molecule has 0 radical (unpaired) electrons. The Balaban J connectivity index is 2.05. The summed E-state index contributed by atoms with van der Waals surface area (Å²) in [6, 6.07) is 2.16. The molecule has 1 aliphatic carbocycles. The summed E-state index contributed by atoms with van der Waals surface area (Å²) in [7, 11) is 1.90. The van der Waals surface area contributed by atoms with Gasteiger partial charge >= 0.3 is 0 Å². The van der Waals surface area contributed by atoms with Crippen LogP contribution in [0.1, 0.15) is 56.2 Å². The lowest BCUT2D eigenvalue weighted by Gasteiger charge is -2.34. The van der Waals surface area contributed by atoms with E-state index in [1.54, 1.807) is 0 Å². The molecule has 0 saturated heterocycles. The number of nitrogens with one attached hydrogen (secondary N) is 2. The third-order valence-electron chi connectivity index (χ3n) is 3.90. The molecule has 0 saturated carbocycles. The van der Waals surface area contributed by atoms with Crippen LogP contribution in [0.3, 0.4) is 0 Å². The summed E-state index contributed by atoms with van der Waals surface area (Å²) in [5.74, 6) is 2.11. The van der Waals surface area contributed by atoms with Crippen LogP contribution in [-0.2, 0) is 11.2 Å². The van der Waals surface area contributed by atoms with E-state index in [2.05, 4.69) is 30.5 Å². The molecule has 2 N–H and O–H groups in total. The van der Waals surface area contributed by atoms with Crippen LogP contribution in [0.5, 0.6) is 0 Å². The van der Waals surface area contributed by atoms with Crippen LogP contribution in [-0.4, -0.2) is 19.5 Å². The predicted molar refractivity (Wildman–Crippen MR) is 79.6 cm³/mol. The summed E-state index contributed by atoms with van der Waals surface area (Å²) < 4.78 is 5.79. The molecule has 4 nitrogen and oxygen atoms in total. The maximum atomic E-state index is 12.0. The molecular weight excluding hydrogens is 252 g/mol. The first-order valence-corrected chi connectivity index (χ1v) is 7.44. The van der Waals surface area contributed by atoms with E-state index in [1.165, 1.54) is 5.56 Å². The molecule has 1 heterocycles. The molecule has 112 valence electrons. The van der Waals surface area contributed by atoms with Gasteiger partial charge in [-0.1, -0.05) is 13.8 Å². The molecule has 1 aromatic rings. The van der Waals surface area contributed by atoms with Crippen molar-refractivity contribution < 1.29 is 9.21 Å². The molecule has 1 aliphatic rings. The average molecular weight is 278 g/mol. The summed E-state index contributed by atoms with van der Waals surface area (Å²) in [6.07, 6.45) is 3.36. The minimum atomic E-state index is 0.0910. The SMILES string of the molecule is CNCCCC(=O)NC1CC(C)(C)Cc2oc(C)cc21. The standard InChI is InChI=1S/C16H26N2O2/c1-11-8-12-13(18-15(19)6-5-7-17-4)9-16(2,3)10-14(12)20-11/h8,13,17H,5-7,9-10H2,1-4H3,(H,18,19). The Hall–Kier alpha value is -1.29. The quantitative estimate of drug-likeness (QED) is 0.814. The number of hydrogen-bond acceptors (Lipinski definition) is 3. The fourth-order valence-electron chi connectivity index (χ4n) is 3.01. The van der Waals surface area contributed by atoms with Crippen molar-refractivity contribution >= 4 is 5.91 Å². The first kappa shape index (κ1) is 15.1. The smallest absolute Gasteiger partial charge is 0.220 e. The normalized spacial score (nSPS) is 20.5. The van der Waals surface area contributed by atoms with Crippen molar-refractivity contribution in [2.75, 3.05) is 13.6 Å². The van der Waals surface area contributed by atoms with Gasteiger partial charge in [0.2, 0.25) is 5.91 Å². The van der Waals surface area contributed by atoms with Crippen molar-refractivity contribution in [3.8, 4) is 0 Å². The molecule has 2 rings (SSSR count). The lowest BCUT2D eigenvalue weighted by molar-refractivity contribution is -0.122. The second kappa shape index (κ2) is 6.00. The van der Waals surface area contributed by atoms with Gasteiger partial charge in [0.1, 0.15) is 11.5 Å². The van der Waals surface area contributed by atoms with Crippen LogP contribution in [0.2, 0.25) is 0 Å². The highest BCUT2D eigenvalue weighted by molar-refractivity contribution is 5.76. The van der Waals surface area contributed by atoms with Crippen molar-refractivity contribution in [1.29, 1.82) is 0 Å². The summed E-state index contributed by atoms with van der Waals surface area (Å²) in [5.41, 5.74) is 1.34. The zero-order valence-electron chi connectivity index (χ0n) is 13.0. The van der Waals surface area contributed by atoms with Gasteiger partial charge in [-0.2, -0.15) is 0 Å². The van der Waals surface area contributed by atoms with E-state index in [9.17, 15) is 4.79 Å². The number of hydrogen-bond donors (Lipinski definition) is 2. The van der Waals surface area contributed by atoms with E-state index in [0.717, 1.165) is 37.3 Å². The summed E-state index contributed by atoms with van der Waals surface area (Å²) in [5, 5.41) is 6.24. The molecule has 0 aromatic carbocycles. The van der Waals surface area contributed by atoms with E-state index >= 15 is 0 Å². The molecule has 1 atom stereocenters. The second-order valence-electron chi connectivity index (χ2n) is 6.61. The lowest BCUT2D eigenvalue weighted by Crippen LogP contribution is -2.36. The van der Waals surface area contributed by atoms with E-state index in [4.69, 9.17) is 4.42 Å². The van der Waals surface area contributed by atoms with Crippen LogP contribution in [0.15, 0.2) is 10.5 Å². The molecule has 20 heavy (non-hydrogen) atoms. The lowest BCUT2D eigenvalue weighted by atomic mass is 9.74. The molecule has 1 unspecified atom stereocenters. The van der Waals surface area contributed by atoms with Crippen LogP contribution in [0.4, 0.5) is 0 Å². The number of carbonyl (C=O) groups excluding carboxylic acids is 1. The summed E-state index contributed by atoms with van der Waals surface area (Å²) in [6.45, 7) is 7.30. The Morgan fingerprint density at radius 3 is 2.95 bits per heavy atom. The maximum absolute atomic E-state index is 12.0. The van der Waals surface area contributed by atoms with Crippen molar-refractivity contribution in [1.82, 2.24) is 10.6 Å². The summed E-state index contributed by atoms with van der Waals surface area (Å²) in [4.78, 5) is 12.0. The Kier molecular flexibility index (Phi) is 4.53. The van der Waals surface area contributed by atoms with Gasteiger partial charge in [0.05, 0.1) is 6.04 Å². The van der Waals surface area contributed by atoms with Gasteiger partial charge in [0.25, 0.3) is 0 Å². The minimum Gasteiger partial charge on any atom is -0.466 e. The first-order valence-electron chi connectivity index (χ1n) is 7.44. The van der Waals surface area contributed by atoms with Crippen molar-refractivity contribution in [2.24, 2.45) is 5.41 Å². The zero-order valence-corrected chi connectivity index (χ0v) is 13.0. The molecule has 0 aliphatic heterocycles. The third kappa shape index (κ3) is 3.63. The molecule has 0 bridgehead atoms. The van der Waals surface area contributed by atoms with Gasteiger partial charge in [-0.05, 0) is 44.8 Å². The highest BCUT2D eigenvalue weighted by Crippen LogP contribution is 2.41. The number of fused-ring (bicyclic) bond motifs is 1. The number of aryl methyl sites for hydroxylation is 1. The van der Waals surface area contributed by atoms with Gasteiger partial charge in [-0.15, -0.1) is 0 Å². The highest BCUT2D eigenvalue weighted by atomic mass is 16.3. The van der Waals surface area contributed by atoms with Crippen LogP contribution in [0, 0.1) is 12.3 Å². The molecule has 0 fully saturated rings. The van der Waals surface area contributed by atoms with Gasteiger partial charge in [-0.3, -0.25) is 4.79 Å². The van der Waals surface area contributed by atoms with Crippen molar-refractivity contribution in [3.05, 3.63) is 23.2 Å². The predicted octanol–water partition coefficient (Wildman–Crippen LogP) is 2.72. The number of furan rings is 1. The first-order chi connectivity index (χ1) is 9.41. The van der Waals surface area contributed by atoms with Gasteiger partial charge in [0, 0.05) is 18.4 Å². The van der Waals surface area contributed by atoms with Crippen molar-refractivity contribution in [2.45, 2.75) is 52.5 Å². The third-order valence-corrected chi connectivity index (χ3v) is 3.90. The van der Waals surface area contributed by atoms with Crippen LogP contribution < -0.4 is 10.6 Å².